The number of hydrogen-bond donors (Lipinski definition) is 2. The van der Waals surface area contributed by atoms with Crippen LogP contribution in [0.25, 0.3) is 0 Å². The molecular formula is C22H27N3O2. The molecule has 1 aliphatic carbocycles. The maximum Gasteiger partial charge on any atom is 0.270 e. The molecule has 5 nitrogen and oxygen atoms in total. The van der Waals surface area contributed by atoms with E-state index in [9.17, 15) is 9.59 Å². The molecule has 1 saturated carbocycles. The van der Waals surface area contributed by atoms with Gasteiger partial charge in [-0.25, -0.2) is 0 Å². The number of hydrogen-bond acceptors (Lipinski definition) is 3. The molecule has 2 amide bonds. The van der Waals surface area contributed by atoms with Gasteiger partial charge >= 0.3 is 0 Å². The number of benzene rings is 1. The van der Waals surface area contributed by atoms with Crippen molar-refractivity contribution < 1.29 is 9.59 Å². The summed E-state index contributed by atoms with van der Waals surface area (Å²) in [5.74, 6) is -0.470. The maximum atomic E-state index is 12.5. The molecule has 27 heavy (non-hydrogen) atoms. The van der Waals surface area contributed by atoms with Crippen molar-refractivity contribution in [3.8, 4) is 0 Å². The highest BCUT2D eigenvalue weighted by Crippen LogP contribution is 2.23. The maximum absolute atomic E-state index is 12.5. The minimum atomic E-state index is -0.254. The number of carbonyl (C=O) groups excluding carboxylic acids is 2. The molecule has 2 N–H and O–H groups in total. The van der Waals surface area contributed by atoms with E-state index < -0.39 is 0 Å². The predicted molar refractivity (Wildman–Crippen MR) is 107 cm³/mol. The van der Waals surface area contributed by atoms with Crippen LogP contribution >= 0.6 is 0 Å². The van der Waals surface area contributed by atoms with Gasteiger partial charge in [0.2, 0.25) is 0 Å². The van der Waals surface area contributed by atoms with Crippen LogP contribution in [0.5, 0.6) is 0 Å². The zero-order valence-electron chi connectivity index (χ0n) is 16.2. The summed E-state index contributed by atoms with van der Waals surface area (Å²) >= 11 is 0. The van der Waals surface area contributed by atoms with Gasteiger partial charge in [-0.2, -0.15) is 0 Å². The van der Waals surface area contributed by atoms with Gasteiger partial charge in [-0.3, -0.25) is 14.6 Å². The average molecular weight is 365 g/mol. The van der Waals surface area contributed by atoms with Crippen molar-refractivity contribution in [3.05, 3.63) is 59.4 Å². The first-order valence-corrected chi connectivity index (χ1v) is 9.52. The van der Waals surface area contributed by atoms with E-state index in [4.69, 9.17) is 0 Å². The lowest BCUT2D eigenvalue weighted by atomic mass is 9.87. The highest BCUT2D eigenvalue weighted by atomic mass is 16.2. The molecule has 1 heterocycles. The van der Waals surface area contributed by atoms with E-state index in [1.165, 1.54) is 11.8 Å². The molecule has 3 rings (SSSR count). The highest BCUT2D eigenvalue weighted by Gasteiger charge is 2.19. The van der Waals surface area contributed by atoms with Crippen LogP contribution in [-0.4, -0.2) is 22.8 Å². The fourth-order valence-corrected chi connectivity index (χ4v) is 3.28. The number of amides is 2. The van der Waals surface area contributed by atoms with Gasteiger partial charge in [0.1, 0.15) is 5.69 Å². The van der Waals surface area contributed by atoms with Gasteiger partial charge in [0.05, 0.1) is 0 Å². The van der Waals surface area contributed by atoms with Gasteiger partial charge in [-0.15, -0.1) is 0 Å². The second-order valence-corrected chi connectivity index (χ2v) is 8.17. The molecule has 0 atom stereocenters. The van der Waals surface area contributed by atoms with E-state index in [0.717, 1.165) is 31.4 Å². The first-order valence-electron chi connectivity index (χ1n) is 9.52. The van der Waals surface area contributed by atoms with Crippen LogP contribution in [0.15, 0.2) is 42.6 Å². The number of pyridine rings is 1. The third-order valence-corrected chi connectivity index (χ3v) is 4.95. The molecule has 2 aromatic rings. The molecule has 142 valence electrons. The molecule has 0 bridgehead atoms. The fourth-order valence-electron chi connectivity index (χ4n) is 3.28. The topological polar surface area (TPSA) is 71.1 Å². The number of nitrogens with one attached hydrogen (secondary N) is 2. The predicted octanol–water partition coefficient (Wildman–Crippen LogP) is 4.30. The highest BCUT2D eigenvalue weighted by molar-refractivity contribution is 6.05. The average Bonchev–Trinajstić information content (AvgIpc) is 3.14. The molecule has 0 aliphatic heterocycles. The van der Waals surface area contributed by atoms with Crippen molar-refractivity contribution in [1.29, 1.82) is 0 Å². The SMILES string of the molecule is CC(C)(C)c1ccc(NC(=O)c2ccnc(C(=O)NC3CCCC3)c2)cc1. The van der Waals surface area contributed by atoms with E-state index in [2.05, 4.69) is 36.4 Å². The van der Waals surface area contributed by atoms with Gasteiger partial charge in [-0.1, -0.05) is 45.7 Å². The van der Waals surface area contributed by atoms with Crippen molar-refractivity contribution in [3.63, 3.8) is 0 Å². The summed E-state index contributed by atoms with van der Waals surface area (Å²) in [6.07, 6.45) is 5.82. The van der Waals surface area contributed by atoms with Crippen LogP contribution < -0.4 is 10.6 Å². The summed E-state index contributed by atoms with van der Waals surface area (Å²) in [6, 6.07) is 11.2. The fraction of sp³-hybridized carbons (Fsp3) is 0.409. The van der Waals surface area contributed by atoms with Crippen LogP contribution in [0.4, 0.5) is 5.69 Å². The monoisotopic (exact) mass is 365 g/mol. The van der Waals surface area contributed by atoms with Crippen molar-refractivity contribution >= 4 is 17.5 Å². The van der Waals surface area contributed by atoms with Crippen molar-refractivity contribution in [2.45, 2.75) is 57.9 Å². The number of anilines is 1. The number of nitrogens with zero attached hydrogens (tertiary/aromatic N) is 1. The van der Waals surface area contributed by atoms with E-state index >= 15 is 0 Å². The van der Waals surface area contributed by atoms with Gasteiger partial charge in [0.25, 0.3) is 11.8 Å². The van der Waals surface area contributed by atoms with E-state index in [1.807, 2.05) is 24.3 Å². The molecule has 1 aliphatic rings. The molecule has 1 aromatic carbocycles. The molecule has 0 saturated heterocycles. The largest absolute Gasteiger partial charge is 0.348 e. The van der Waals surface area contributed by atoms with Crippen LogP contribution in [-0.2, 0) is 5.41 Å². The van der Waals surface area contributed by atoms with Crippen molar-refractivity contribution in [2.24, 2.45) is 0 Å². The third-order valence-electron chi connectivity index (χ3n) is 4.95. The molecule has 5 heteroatoms. The second-order valence-electron chi connectivity index (χ2n) is 8.17. The summed E-state index contributed by atoms with van der Waals surface area (Å²) < 4.78 is 0. The normalized spacial score (nSPS) is 14.8. The van der Waals surface area contributed by atoms with Crippen LogP contribution in [0, 0.1) is 0 Å². The molecule has 1 fully saturated rings. The van der Waals surface area contributed by atoms with E-state index in [0.29, 0.717) is 5.56 Å². The third kappa shape index (κ3) is 4.94. The van der Waals surface area contributed by atoms with Crippen LogP contribution in [0.3, 0.4) is 0 Å². The zero-order valence-corrected chi connectivity index (χ0v) is 16.2. The number of carbonyl (C=O) groups is 2. The van der Waals surface area contributed by atoms with Crippen molar-refractivity contribution in [2.75, 3.05) is 5.32 Å². The van der Waals surface area contributed by atoms with Gasteiger partial charge in [-0.05, 0) is 48.1 Å². The second kappa shape index (κ2) is 7.91. The first-order chi connectivity index (χ1) is 12.8. The minimum Gasteiger partial charge on any atom is -0.348 e. The molecule has 0 spiro atoms. The minimum absolute atomic E-state index is 0.0647. The molecule has 1 aromatic heterocycles. The Balaban J connectivity index is 1.67. The molecule has 0 radical (unpaired) electrons. The number of rotatable bonds is 4. The first kappa shape index (κ1) is 19.1. The summed E-state index contributed by atoms with van der Waals surface area (Å²) in [4.78, 5) is 29.0. The Morgan fingerprint density at radius 2 is 1.67 bits per heavy atom. The van der Waals surface area contributed by atoms with E-state index in [1.54, 1.807) is 12.1 Å². The summed E-state index contributed by atoms with van der Waals surface area (Å²) in [5, 5.41) is 5.88. The summed E-state index contributed by atoms with van der Waals surface area (Å²) in [7, 11) is 0. The van der Waals surface area contributed by atoms with Gasteiger partial charge in [0.15, 0.2) is 0 Å². The quantitative estimate of drug-likeness (QED) is 0.848. The smallest absolute Gasteiger partial charge is 0.270 e. The molecule has 0 unspecified atom stereocenters. The lowest BCUT2D eigenvalue weighted by Gasteiger charge is -2.19. The number of aromatic nitrogens is 1. The van der Waals surface area contributed by atoms with Crippen LogP contribution in [0.2, 0.25) is 0 Å². The summed E-state index contributed by atoms with van der Waals surface area (Å²) in [5.41, 5.74) is 2.69. The molecular weight excluding hydrogens is 338 g/mol. The summed E-state index contributed by atoms with van der Waals surface area (Å²) in [6.45, 7) is 6.45. The Labute approximate surface area is 160 Å². The lowest BCUT2D eigenvalue weighted by Crippen LogP contribution is -2.33. The Hall–Kier alpha value is -2.69. The Morgan fingerprint density at radius 1 is 1.00 bits per heavy atom. The van der Waals surface area contributed by atoms with Gasteiger partial charge < -0.3 is 10.6 Å². The van der Waals surface area contributed by atoms with Crippen LogP contribution in [0.1, 0.15) is 72.9 Å². The Morgan fingerprint density at radius 3 is 2.30 bits per heavy atom. The Kier molecular flexibility index (Phi) is 5.59. The lowest BCUT2D eigenvalue weighted by molar-refractivity contribution is 0.0933. The standard InChI is InChI=1S/C22H27N3O2/c1-22(2,3)16-8-10-18(11-9-16)24-20(26)15-12-13-23-19(14-15)21(27)25-17-6-4-5-7-17/h8-14,17H,4-7H2,1-3H3,(H,24,26)(H,25,27). The zero-order chi connectivity index (χ0) is 19.4. The van der Waals surface area contributed by atoms with Gasteiger partial charge in [0, 0.05) is 23.5 Å². The Bertz CT molecular complexity index is 816. The van der Waals surface area contributed by atoms with E-state index in [-0.39, 0.29) is 29.0 Å². The van der Waals surface area contributed by atoms with Crippen molar-refractivity contribution in [1.82, 2.24) is 10.3 Å².